The molecule has 0 aliphatic rings. The Hall–Kier alpha value is -1.64. The summed E-state index contributed by atoms with van der Waals surface area (Å²) in [6, 6.07) is 5.55. The van der Waals surface area contributed by atoms with Gasteiger partial charge in [-0.3, -0.25) is 9.89 Å². The van der Waals surface area contributed by atoms with Gasteiger partial charge in [-0.05, 0) is 13.0 Å². The summed E-state index contributed by atoms with van der Waals surface area (Å²) >= 11 is 0. The second-order valence-electron chi connectivity index (χ2n) is 2.69. The maximum Gasteiger partial charge on any atom is 0.160 e. The molecular formula is C9H8N2O. The van der Waals surface area contributed by atoms with Gasteiger partial charge in [0.1, 0.15) is 0 Å². The lowest BCUT2D eigenvalue weighted by Gasteiger charge is -1.95. The van der Waals surface area contributed by atoms with Gasteiger partial charge in [0.15, 0.2) is 5.78 Å². The molecule has 2 rings (SSSR count). The van der Waals surface area contributed by atoms with Gasteiger partial charge in [-0.25, -0.2) is 0 Å². The predicted molar refractivity (Wildman–Crippen MR) is 46.1 cm³/mol. The number of Topliss-reactive ketones (excluding diaryl/α,β-unsaturated/α-hetero) is 1. The SMILES string of the molecule is CC(=O)c1cccc2[nH]ncc12. The van der Waals surface area contributed by atoms with Crippen LogP contribution in [-0.4, -0.2) is 16.0 Å². The lowest BCUT2D eigenvalue weighted by molar-refractivity contribution is 0.101. The Morgan fingerprint density at radius 2 is 2.33 bits per heavy atom. The summed E-state index contributed by atoms with van der Waals surface area (Å²) in [5.74, 6) is 0.0713. The number of nitrogens with one attached hydrogen (secondary N) is 1. The number of carbonyl (C=O) groups excluding carboxylic acids is 1. The zero-order chi connectivity index (χ0) is 8.55. The van der Waals surface area contributed by atoms with Crippen molar-refractivity contribution in [2.24, 2.45) is 0 Å². The molecule has 0 fully saturated rings. The van der Waals surface area contributed by atoms with Gasteiger partial charge in [-0.1, -0.05) is 12.1 Å². The minimum Gasteiger partial charge on any atom is -0.294 e. The van der Waals surface area contributed by atoms with Crippen molar-refractivity contribution in [3.63, 3.8) is 0 Å². The molecule has 0 aliphatic carbocycles. The van der Waals surface area contributed by atoms with E-state index in [1.165, 1.54) is 0 Å². The molecule has 0 amide bonds. The van der Waals surface area contributed by atoms with E-state index < -0.39 is 0 Å². The molecule has 0 aliphatic heterocycles. The van der Waals surface area contributed by atoms with Crippen LogP contribution in [0.3, 0.4) is 0 Å². The van der Waals surface area contributed by atoms with E-state index in [4.69, 9.17) is 0 Å². The van der Waals surface area contributed by atoms with Gasteiger partial charge >= 0.3 is 0 Å². The maximum atomic E-state index is 11.1. The molecule has 1 N–H and O–H groups in total. The van der Waals surface area contributed by atoms with Crippen LogP contribution in [0.25, 0.3) is 10.9 Å². The van der Waals surface area contributed by atoms with E-state index in [1.54, 1.807) is 19.2 Å². The van der Waals surface area contributed by atoms with Crippen molar-refractivity contribution in [2.75, 3.05) is 0 Å². The van der Waals surface area contributed by atoms with Crippen molar-refractivity contribution in [1.82, 2.24) is 10.2 Å². The Bertz CT molecular complexity index is 431. The molecule has 0 radical (unpaired) electrons. The highest BCUT2D eigenvalue weighted by Gasteiger charge is 2.05. The maximum absolute atomic E-state index is 11.1. The van der Waals surface area contributed by atoms with Gasteiger partial charge in [-0.15, -0.1) is 0 Å². The van der Waals surface area contributed by atoms with Crippen LogP contribution in [-0.2, 0) is 0 Å². The Morgan fingerprint density at radius 1 is 1.50 bits per heavy atom. The van der Waals surface area contributed by atoms with E-state index in [0.717, 1.165) is 16.5 Å². The van der Waals surface area contributed by atoms with Crippen LogP contribution in [0, 0.1) is 0 Å². The van der Waals surface area contributed by atoms with E-state index in [1.807, 2.05) is 12.1 Å². The standard InChI is InChI=1S/C9H8N2O/c1-6(12)7-3-2-4-9-8(7)5-10-11-9/h2-5H,1H3,(H,10,11). The summed E-state index contributed by atoms with van der Waals surface area (Å²) in [6.45, 7) is 1.56. The van der Waals surface area contributed by atoms with E-state index in [-0.39, 0.29) is 5.78 Å². The molecule has 2 aromatic rings. The summed E-state index contributed by atoms with van der Waals surface area (Å²) in [5, 5.41) is 7.57. The highest BCUT2D eigenvalue weighted by molar-refractivity contribution is 6.05. The molecule has 0 spiro atoms. The smallest absolute Gasteiger partial charge is 0.160 e. The molecule has 0 atom stereocenters. The molecule has 3 heteroatoms. The van der Waals surface area contributed by atoms with Crippen LogP contribution >= 0.6 is 0 Å². The minimum atomic E-state index is 0.0713. The monoisotopic (exact) mass is 160 g/mol. The highest BCUT2D eigenvalue weighted by Crippen LogP contribution is 2.15. The van der Waals surface area contributed by atoms with Crippen molar-refractivity contribution in [2.45, 2.75) is 6.92 Å². The summed E-state index contributed by atoms with van der Waals surface area (Å²) in [6.07, 6.45) is 1.67. The van der Waals surface area contributed by atoms with Crippen molar-refractivity contribution < 1.29 is 4.79 Å². The summed E-state index contributed by atoms with van der Waals surface area (Å²) in [4.78, 5) is 11.1. The Labute approximate surface area is 69.4 Å². The van der Waals surface area contributed by atoms with Crippen molar-refractivity contribution in [3.8, 4) is 0 Å². The molecule has 0 saturated heterocycles. The lowest BCUT2D eigenvalue weighted by atomic mass is 10.1. The number of rotatable bonds is 1. The fourth-order valence-electron chi connectivity index (χ4n) is 1.28. The molecule has 1 heterocycles. The summed E-state index contributed by atoms with van der Waals surface area (Å²) < 4.78 is 0. The van der Waals surface area contributed by atoms with E-state index in [9.17, 15) is 4.79 Å². The summed E-state index contributed by atoms with van der Waals surface area (Å²) in [7, 11) is 0. The van der Waals surface area contributed by atoms with Gasteiger partial charge in [0.05, 0.1) is 11.7 Å². The Kier molecular flexibility index (Phi) is 1.43. The molecular weight excluding hydrogens is 152 g/mol. The highest BCUT2D eigenvalue weighted by atomic mass is 16.1. The van der Waals surface area contributed by atoms with Gasteiger partial charge in [-0.2, -0.15) is 5.10 Å². The predicted octanol–water partition coefficient (Wildman–Crippen LogP) is 1.77. The topological polar surface area (TPSA) is 45.8 Å². The van der Waals surface area contributed by atoms with Crippen molar-refractivity contribution in [3.05, 3.63) is 30.0 Å². The van der Waals surface area contributed by atoms with Crippen LogP contribution in [0.15, 0.2) is 24.4 Å². The number of hydrogen-bond acceptors (Lipinski definition) is 2. The van der Waals surface area contributed by atoms with Crippen LogP contribution in [0.4, 0.5) is 0 Å². The normalized spacial score (nSPS) is 10.4. The number of aromatic nitrogens is 2. The van der Waals surface area contributed by atoms with E-state index in [2.05, 4.69) is 10.2 Å². The first-order valence-electron chi connectivity index (χ1n) is 3.72. The average Bonchev–Trinajstić information content (AvgIpc) is 2.49. The number of benzene rings is 1. The molecule has 0 unspecified atom stereocenters. The number of carbonyl (C=O) groups is 1. The molecule has 1 aromatic carbocycles. The molecule has 1 aromatic heterocycles. The van der Waals surface area contributed by atoms with Crippen LogP contribution < -0.4 is 0 Å². The molecule has 3 nitrogen and oxygen atoms in total. The summed E-state index contributed by atoms with van der Waals surface area (Å²) in [5.41, 5.74) is 1.63. The second kappa shape index (κ2) is 2.44. The molecule has 60 valence electrons. The largest absolute Gasteiger partial charge is 0.294 e. The molecule has 12 heavy (non-hydrogen) atoms. The molecule has 0 bridgehead atoms. The number of aromatic amines is 1. The third kappa shape index (κ3) is 0.906. The third-order valence-corrected chi connectivity index (χ3v) is 1.86. The van der Waals surface area contributed by atoms with Crippen LogP contribution in [0.5, 0.6) is 0 Å². The first kappa shape index (κ1) is 7.03. The molecule has 0 saturated carbocycles. The van der Waals surface area contributed by atoms with Gasteiger partial charge in [0.25, 0.3) is 0 Å². The van der Waals surface area contributed by atoms with Gasteiger partial charge in [0, 0.05) is 10.9 Å². The average molecular weight is 160 g/mol. The number of hydrogen-bond donors (Lipinski definition) is 1. The van der Waals surface area contributed by atoms with Crippen molar-refractivity contribution >= 4 is 16.7 Å². The number of ketones is 1. The Balaban J connectivity index is 2.82. The number of nitrogens with zero attached hydrogens (tertiary/aromatic N) is 1. The lowest BCUT2D eigenvalue weighted by Crippen LogP contribution is -1.91. The number of H-pyrrole nitrogens is 1. The third-order valence-electron chi connectivity index (χ3n) is 1.86. The fraction of sp³-hybridized carbons (Fsp3) is 0.111. The van der Waals surface area contributed by atoms with Gasteiger partial charge < -0.3 is 0 Å². The Morgan fingerprint density at radius 3 is 3.08 bits per heavy atom. The zero-order valence-corrected chi connectivity index (χ0v) is 6.66. The minimum absolute atomic E-state index is 0.0713. The second-order valence-corrected chi connectivity index (χ2v) is 2.69. The van der Waals surface area contributed by atoms with E-state index in [0.29, 0.717) is 0 Å². The van der Waals surface area contributed by atoms with Crippen molar-refractivity contribution in [1.29, 1.82) is 0 Å². The zero-order valence-electron chi connectivity index (χ0n) is 6.66. The first-order valence-corrected chi connectivity index (χ1v) is 3.72. The number of fused-ring (bicyclic) bond motifs is 1. The quantitative estimate of drug-likeness (QED) is 0.646. The fourth-order valence-corrected chi connectivity index (χ4v) is 1.28. The first-order chi connectivity index (χ1) is 5.79. The van der Waals surface area contributed by atoms with Crippen LogP contribution in [0.2, 0.25) is 0 Å². The van der Waals surface area contributed by atoms with E-state index >= 15 is 0 Å². The van der Waals surface area contributed by atoms with Crippen LogP contribution in [0.1, 0.15) is 17.3 Å². The van der Waals surface area contributed by atoms with Gasteiger partial charge in [0.2, 0.25) is 0 Å².